The second kappa shape index (κ2) is 10.4. The molecule has 0 bridgehead atoms. The largest absolute Gasteiger partial charge is 0.481 e. The number of rotatable bonds is 5. The van der Waals surface area contributed by atoms with E-state index in [1.807, 2.05) is 24.3 Å². The van der Waals surface area contributed by atoms with Gasteiger partial charge in [-0.25, -0.2) is 19.7 Å². The van der Waals surface area contributed by atoms with Gasteiger partial charge < -0.3 is 4.74 Å². The average Bonchev–Trinajstić information content (AvgIpc) is 3.47. The van der Waals surface area contributed by atoms with Crippen molar-refractivity contribution in [3.8, 4) is 28.3 Å². The summed E-state index contributed by atoms with van der Waals surface area (Å²) in [6.45, 7) is 3.36. The predicted octanol–water partition coefficient (Wildman–Crippen LogP) is 5.55. The van der Waals surface area contributed by atoms with E-state index in [4.69, 9.17) is 21.3 Å². The fourth-order valence-electron chi connectivity index (χ4n) is 5.72. The molecule has 9 nitrogen and oxygen atoms in total. The number of hydrogen-bond acceptors (Lipinski definition) is 7. The molecule has 1 aliphatic carbocycles. The second-order valence-electron chi connectivity index (χ2n) is 10.4. The van der Waals surface area contributed by atoms with Gasteiger partial charge in [0.25, 0.3) is 5.56 Å². The van der Waals surface area contributed by atoms with Crippen LogP contribution in [0.5, 0.6) is 5.88 Å². The van der Waals surface area contributed by atoms with Crippen LogP contribution in [0.1, 0.15) is 28.9 Å². The average molecular weight is 587 g/mol. The Morgan fingerprint density at radius 3 is 2.43 bits per heavy atom. The Morgan fingerprint density at radius 2 is 1.67 bits per heavy atom. The Kier molecular flexibility index (Phi) is 6.81. The van der Waals surface area contributed by atoms with Gasteiger partial charge in [-0.15, -0.1) is 0 Å². The molecule has 0 saturated carbocycles. The lowest BCUT2D eigenvalue weighted by Gasteiger charge is -2.20. The number of pyridine rings is 1. The van der Waals surface area contributed by atoms with Crippen LogP contribution >= 0.6 is 11.6 Å². The Hall–Kier alpha value is -4.57. The van der Waals surface area contributed by atoms with Crippen molar-refractivity contribution in [1.29, 1.82) is 0 Å². The summed E-state index contributed by atoms with van der Waals surface area (Å²) in [7, 11) is 4.44. The van der Waals surface area contributed by atoms with Crippen LogP contribution in [0.15, 0.2) is 52.1 Å². The van der Waals surface area contributed by atoms with E-state index in [1.54, 1.807) is 33.1 Å². The smallest absolute Gasteiger partial charge is 0.332 e. The minimum Gasteiger partial charge on any atom is -0.481 e. The van der Waals surface area contributed by atoms with E-state index in [0.29, 0.717) is 38.4 Å². The molecule has 3 heterocycles. The molecule has 1 aliphatic rings. The molecule has 5 aromatic rings. The third-order valence-electron chi connectivity index (χ3n) is 7.91. The summed E-state index contributed by atoms with van der Waals surface area (Å²) in [4.78, 5) is 38.9. The van der Waals surface area contributed by atoms with Crippen molar-refractivity contribution in [2.45, 2.75) is 33.1 Å². The van der Waals surface area contributed by atoms with Crippen LogP contribution in [0.25, 0.3) is 33.4 Å². The Labute approximate surface area is 245 Å². The lowest BCUT2D eigenvalue weighted by molar-refractivity contribution is 0.394. The number of hydrogen-bond donors (Lipinski definition) is 0. The van der Waals surface area contributed by atoms with Crippen LogP contribution in [0, 0.1) is 13.8 Å². The molecule has 3 aromatic heterocycles. The molecule has 0 unspecified atom stereocenters. The van der Waals surface area contributed by atoms with Crippen molar-refractivity contribution in [3.05, 3.63) is 90.8 Å². The normalized spacial score (nSPS) is 12.5. The molecule has 0 radical (unpaired) electrons. The fourth-order valence-corrected chi connectivity index (χ4v) is 6.05. The summed E-state index contributed by atoms with van der Waals surface area (Å²) in [6.07, 6.45) is 2.95. The number of halogens is 2. The van der Waals surface area contributed by atoms with Gasteiger partial charge >= 0.3 is 5.69 Å². The van der Waals surface area contributed by atoms with E-state index in [9.17, 15) is 9.59 Å². The van der Waals surface area contributed by atoms with Crippen LogP contribution in [0.4, 0.5) is 16.0 Å². The molecule has 0 saturated heterocycles. The van der Waals surface area contributed by atoms with Crippen LogP contribution < -0.4 is 21.1 Å². The van der Waals surface area contributed by atoms with Gasteiger partial charge in [0, 0.05) is 30.8 Å². The molecule has 0 N–H and O–H groups in total. The van der Waals surface area contributed by atoms with E-state index in [1.165, 1.54) is 24.2 Å². The highest BCUT2D eigenvalue weighted by atomic mass is 35.5. The molecule has 0 atom stereocenters. The summed E-state index contributed by atoms with van der Waals surface area (Å²) in [5.41, 5.74) is 4.74. The molecular formula is C31H28ClFN6O3. The summed E-state index contributed by atoms with van der Waals surface area (Å²) in [5, 5.41) is 0.740. The first kappa shape index (κ1) is 27.6. The summed E-state index contributed by atoms with van der Waals surface area (Å²) in [5.74, 6) is 0.581. The van der Waals surface area contributed by atoms with Gasteiger partial charge in [-0.1, -0.05) is 46.4 Å². The summed E-state index contributed by atoms with van der Waals surface area (Å²) >= 11 is 7.03. The molecule has 2 aromatic carbocycles. The maximum atomic E-state index is 16.4. The zero-order valence-electron chi connectivity index (χ0n) is 23.8. The monoisotopic (exact) mass is 586 g/mol. The van der Waals surface area contributed by atoms with Crippen LogP contribution in [0.3, 0.4) is 0 Å². The van der Waals surface area contributed by atoms with Crippen LogP contribution in [-0.2, 0) is 26.9 Å². The van der Waals surface area contributed by atoms with Gasteiger partial charge in [-0.3, -0.25) is 13.9 Å². The van der Waals surface area contributed by atoms with Crippen molar-refractivity contribution in [1.82, 2.24) is 24.1 Å². The minimum absolute atomic E-state index is 0.0510. The quantitative estimate of drug-likeness (QED) is 0.249. The molecule has 0 fully saturated rings. The van der Waals surface area contributed by atoms with Crippen molar-refractivity contribution >= 4 is 34.1 Å². The van der Waals surface area contributed by atoms with Crippen LogP contribution in [0.2, 0.25) is 5.02 Å². The highest BCUT2D eigenvalue weighted by Crippen LogP contribution is 2.42. The summed E-state index contributed by atoms with van der Waals surface area (Å²) < 4.78 is 24.1. The van der Waals surface area contributed by atoms with Gasteiger partial charge in [0.1, 0.15) is 11.2 Å². The number of aromatic nitrogens is 5. The van der Waals surface area contributed by atoms with E-state index < -0.39 is 11.2 Å². The first-order valence-corrected chi connectivity index (χ1v) is 13.9. The minimum atomic E-state index is -0.687. The number of nitrogens with zero attached hydrogens (tertiary/aromatic N) is 6. The maximum Gasteiger partial charge on any atom is 0.332 e. The fraction of sp³-hybridized carbons (Fsp3) is 0.258. The van der Waals surface area contributed by atoms with Crippen molar-refractivity contribution in [3.63, 3.8) is 0 Å². The molecule has 42 heavy (non-hydrogen) atoms. The van der Waals surface area contributed by atoms with Gasteiger partial charge in [-0.2, -0.15) is 5.12 Å². The zero-order valence-corrected chi connectivity index (χ0v) is 24.6. The van der Waals surface area contributed by atoms with Gasteiger partial charge in [-0.05, 0) is 61.9 Å². The number of fused-ring (bicyclic) bond motifs is 2. The maximum absolute atomic E-state index is 16.4. The van der Waals surface area contributed by atoms with Crippen molar-refractivity contribution < 1.29 is 9.22 Å². The molecule has 0 aliphatic heterocycles. The highest BCUT2D eigenvalue weighted by Gasteiger charge is 2.25. The molecule has 0 amide bonds. The number of benzene rings is 2. The number of methoxy groups -OCH3 is 1. The third-order valence-corrected chi connectivity index (χ3v) is 8.31. The molecule has 214 valence electrons. The molecule has 6 rings (SSSR count). The van der Waals surface area contributed by atoms with E-state index >= 15 is 4.48 Å². The predicted molar refractivity (Wildman–Crippen MR) is 161 cm³/mol. The Bertz CT molecular complexity index is 2040. The van der Waals surface area contributed by atoms with Crippen molar-refractivity contribution in [2.24, 2.45) is 14.1 Å². The SMILES string of the molecule is COc1nc(-c2cccc(-c3cccc(N(F)c4nc(C)nc5c4c(=O)n(C)c(=O)n5C)c3C)c2Cl)cc2c1CCC2. The number of anilines is 2. The van der Waals surface area contributed by atoms with E-state index in [2.05, 4.69) is 16.0 Å². The van der Waals surface area contributed by atoms with Gasteiger partial charge in [0.05, 0.1) is 23.5 Å². The first-order valence-electron chi connectivity index (χ1n) is 13.5. The standard InChI is InChI=1S/C31H28ClFN6O3/c1-16-19(21-12-7-13-22(26(21)32)23-15-18-9-6-11-20(18)29(36-23)42-5)10-8-14-24(16)39(33)28-25-27(34-17(2)35-28)37(3)31(41)38(4)30(25)40/h7-8,10,12-15H,6,9,11H2,1-5H3. The van der Waals surface area contributed by atoms with Crippen LogP contribution in [-0.4, -0.2) is 31.2 Å². The van der Waals surface area contributed by atoms with E-state index in [-0.39, 0.29) is 28.4 Å². The number of ether oxygens (including phenoxy) is 1. The first-order chi connectivity index (χ1) is 20.1. The van der Waals surface area contributed by atoms with E-state index in [0.717, 1.165) is 35.0 Å². The third kappa shape index (κ3) is 4.25. The molecular weight excluding hydrogens is 559 g/mol. The lowest BCUT2D eigenvalue weighted by Crippen LogP contribution is -2.38. The number of aryl methyl sites for hydroxylation is 3. The lowest BCUT2D eigenvalue weighted by atomic mass is 9.96. The molecule has 0 spiro atoms. The Morgan fingerprint density at radius 1 is 0.952 bits per heavy atom. The van der Waals surface area contributed by atoms with Crippen molar-refractivity contribution in [2.75, 3.05) is 12.2 Å². The zero-order chi connectivity index (χ0) is 29.9. The second-order valence-corrected chi connectivity index (χ2v) is 10.8. The Balaban J connectivity index is 1.50. The topological polar surface area (TPSA) is 95.1 Å². The van der Waals surface area contributed by atoms with Gasteiger partial charge in [0.2, 0.25) is 5.88 Å². The highest BCUT2D eigenvalue weighted by molar-refractivity contribution is 6.36. The molecule has 11 heteroatoms. The van der Waals surface area contributed by atoms with Gasteiger partial charge in [0.15, 0.2) is 11.5 Å². The summed E-state index contributed by atoms with van der Waals surface area (Å²) in [6, 6.07) is 12.9.